The van der Waals surface area contributed by atoms with Gasteiger partial charge in [-0.15, -0.1) is 0 Å². The van der Waals surface area contributed by atoms with Gasteiger partial charge in [-0.1, -0.05) is 6.92 Å². The van der Waals surface area contributed by atoms with Gasteiger partial charge in [0, 0.05) is 51.1 Å². The van der Waals surface area contributed by atoms with Gasteiger partial charge in [0.2, 0.25) is 11.8 Å². The SMILES string of the molecule is CC(=O)N1CCN(C2COCC(NC(=O)C3CC4C(F)CCC(C)C4N3)C2)CC1. The Balaban J connectivity index is 1.27. The van der Waals surface area contributed by atoms with E-state index in [-0.39, 0.29) is 41.9 Å². The Bertz CT molecular complexity index is 595. The summed E-state index contributed by atoms with van der Waals surface area (Å²) in [6.45, 7) is 8.15. The molecule has 4 rings (SSSR count). The predicted octanol–water partition coefficient (Wildman–Crippen LogP) is 0.539. The highest BCUT2D eigenvalue weighted by Gasteiger charge is 2.46. The summed E-state index contributed by atoms with van der Waals surface area (Å²) in [4.78, 5) is 28.6. The maximum Gasteiger partial charge on any atom is 0.237 e. The highest BCUT2D eigenvalue weighted by atomic mass is 19.1. The normalized spacial score (nSPS) is 41.1. The Morgan fingerprint density at radius 3 is 2.55 bits per heavy atom. The molecule has 4 aliphatic rings. The molecule has 4 fully saturated rings. The molecule has 7 nitrogen and oxygen atoms in total. The molecular weight excluding hydrogens is 375 g/mol. The summed E-state index contributed by atoms with van der Waals surface area (Å²) < 4.78 is 20.1. The fraction of sp³-hybridized carbons (Fsp3) is 0.905. The molecule has 0 radical (unpaired) electrons. The van der Waals surface area contributed by atoms with Crippen LogP contribution in [0.3, 0.4) is 0 Å². The summed E-state index contributed by atoms with van der Waals surface area (Å²) in [6, 6.07) is 0.0540. The van der Waals surface area contributed by atoms with Crippen LogP contribution in [0.4, 0.5) is 4.39 Å². The van der Waals surface area contributed by atoms with Gasteiger partial charge in [-0.2, -0.15) is 0 Å². The van der Waals surface area contributed by atoms with Crippen LogP contribution in [0.25, 0.3) is 0 Å². The van der Waals surface area contributed by atoms with Gasteiger partial charge in [-0.25, -0.2) is 4.39 Å². The van der Waals surface area contributed by atoms with E-state index in [1.807, 2.05) is 4.90 Å². The van der Waals surface area contributed by atoms with Crippen molar-refractivity contribution in [3.8, 4) is 0 Å². The third-order valence-corrected chi connectivity index (χ3v) is 7.46. The summed E-state index contributed by atoms with van der Waals surface area (Å²) in [6.07, 6.45) is 2.16. The van der Waals surface area contributed by atoms with Gasteiger partial charge < -0.3 is 20.3 Å². The Kier molecular flexibility index (Phi) is 6.41. The molecule has 2 amide bonds. The van der Waals surface area contributed by atoms with Crippen molar-refractivity contribution in [1.82, 2.24) is 20.4 Å². The predicted molar refractivity (Wildman–Crippen MR) is 107 cm³/mol. The summed E-state index contributed by atoms with van der Waals surface area (Å²) in [7, 11) is 0. The number of alkyl halides is 1. The molecule has 3 heterocycles. The second-order valence-electron chi connectivity index (χ2n) is 9.39. The van der Waals surface area contributed by atoms with Gasteiger partial charge in [0.25, 0.3) is 0 Å². The van der Waals surface area contributed by atoms with Crippen molar-refractivity contribution < 1.29 is 18.7 Å². The van der Waals surface area contributed by atoms with Gasteiger partial charge in [-0.3, -0.25) is 14.5 Å². The first-order chi connectivity index (χ1) is 13.9. The number of halogens is 1. The molecule has 164 valence electrons. The molecule has 1 saturated carbocycles. The Labute approximate surface area is 172 Å². The van der Waals surface area contributed by atoms with Crippen LogP contribution in [0, 0.1) is 11.8 Å². The number of carbonyl (C=O) groups excluding carboxylic acids is 2. The van der Waals surface area contributed by atoms with Crippen molar-refractivity contribution in [2.24, 2.45) is 11.8 Å². The zero-order valence-electron chi connectivity index (χ0n) is 17.6. The Morgan fingerprint density at radius 1 is 1.10 bits per heavy atom. The third kappa shape index (κ3) is 4.59. The van der Waals surface area contributed by atoms with E-state index in [9.17, 15) is 14.0 Å². The molecule has 0 aromatic rings. The summed E-state index contributed by atoms with van der Waals surface area (Å²) in [5.41, 5.74) is 0. The quantitative estimate of drug-likeness (QED) is 0.711. The molecule has 0 bridgehead atoms. The van der Waals surface area contributed by atoms with E-state index in [4.69, 9.17) is 4.74 Å². The van der Waals surface area contributed by atoms with Crippen molar-refractivity contribution in [3.05, 3.63) is 0 Å². The number of nitrogens with one attached hydrogen (secondary N) is 2. The van der Waals surface area contributed by atoms with Crippen LogP contribution in [-0.4, -0.2) is 91.3 Å². The molecule has 2 N–H and O–H groups in total. The lowest BCUT2D eigenvalue weighted by Gasteiger charge is -2.42. The molecule has 8 heteroatoms. The monoisotopic (exact) mass is 410 g/mol. The summed E-state index contributed by atoms with van der Waals surface area (Å²) in [5, 5.41) is 6.57. The lowest BCUT2D eigenvalue weighted by Crippen LogP contribution is -2.57. The zero-order chi connectivity index (χ0) is 20.5. The molecule has 7 atom stereocenters. The number of nitrogens with zero attached hydrogens (tertiary/aromatic N) is 2. The van der Waals surface area contributed by atoms with Crippen molar-refractivity contribution >= 4 is 11.8 Å². The van der Waals surface area contributed by atoms with Gasteiger partial charge >= 0.3 is 0 Å². The number of carbonyl (C=O) groups is 2. The molecule has 7 unspecified atom stereocenters. The van der Waals surface area contributed by atoms with Crippen LogP contribution in [0.1, 0.15) is 39.5 Å². The first-order valence-electron chi connectivity index (χ1n) is 11.2. The van der Waals surface area contributed by atoms with Crippen molar-refractivity contribution in [2.45, 2.75) is 69.9 Å². The Morgan fingerprint density at radius 2 is 1.86 bits per heavy atom. The number of hydrogen-bond donors (Lipinski definition) is 2. The fourth-order valence-electron chi connectivity index (χ4n) is 5.67. The van der Waals surface area contributed by atoms with Gasteiger partial charge in [-0.05, 0) is 31.6 Å². The van der Waals surface area contributed by atoms with E-state index in [1.54, 1.807) is 6.92 Å². The number of rotatable bonds is 3. The minimum atomic E-state index is -0.794. The second kappa shape index (κ2) is 8.86. The topological polar surface area (TPSA) is 73.9 Å². The largest absolute Gasteiger partial charge is 0.378 e. The van der Waals surface area contributed by atoms with Crippen LogP contribution < -0.4 is 10.6 Å². The molecule has 0 spiro atoms. The van der Waals surface area contributed by atoms with Crippen LogP contribution >= 0.6 is 0 Å². The molecule has 0 aromatic heterocycles. The van der Waals surface area contributed by atoms with Crippen LogP contribution in [0.2, 0.25) is 0 Å². The molecule has 1 aliphatic carbocycles. The van der Waals surface area contributed by atoms with Crippen molar-refractivity contribution in [2.75, 3.05) is 39.4 Å². The summed E-state index contributed by atoms with van der Waals surface area (Å²) >= 11 is 0. The smallest absolute Gasteiger partial charge is 0.237 e. The van der Waals surface area contributed by atoms with Crippen molar-refractivity contribution in [3.63, 3.8) is 0 Å². The maximum absolute atomic E-state index is 14.3. The highest BCUT2D eigenvalue weighted by Crippen LogP contribution is 2.38. The molecule has 3 aliphatic heterocycles. The lowest BCUT2D eigenvalue weighted by atomic mass is 9.77. The van der Waals surface area contributed by atoms with E-state index in [0.717, 1.165) is 39.0 Å². The minimum absolute atomic E-state index is 0.0184. The zero-order valence-corrected chi connectivity index (χ0v) is 17.6. The van der Waals surface area contributed by atoms with Gasteiger partial charge in [0.15, 0.2) is 0 Å². The van der Waals surface area contributed by atoms with E-state index >= 15 is 0 Å². The number of piperazine rings is 1. The Hall–Kier alpha value is -1.25. The van der Waals surface area contributed by atoms with Crippen LogP contribution in [-0.2, 0) is 14.3 Å². The number of ether oxygens (including phenoxy) is 1. The van der Waals surface area contributed by atoms with Gasteiger partial charge in [0.1, 0.15) is 6.17 Å². The first-order valence-corrected chi connectivity index (χ1v) is 11.2. The number of fused-ring (bicyclic) bond motifs is 1. The van der Waals surface area contributed by atoms with Gasteiger partial charge in [0.05, 0.1) is 25.3 Å². The fourth-order valence-corrected chi connectivity index (χ4v) is 5.67. The molecule has 0 aromatic carbocycles. The first kappa shape index (κ1) is 21.0. The lowest BCUT2D eigenvalue weighted by molar-refractivity contribution is -0.132. The van der Waals surface area contributed by atoms with Crippen molar-refractivity contribution in [1.29, 1.82) is 0 Å². The number of hydrogen-bond acceptors (Lipinski definition) is 5. The van der Waals surface area contributed by atoms with E-state index in [1.165, 1.54) is 0 Å². The average Bonchev–Trinajstić information content (AvgIpc) is 3.18. The summed E-state index contributed by atoms with van der Waals surface area (Å²) in [5.74, 6) is 0.488. The van der Waals surface area contributed by atoms with E-state index in [2.05, 4.69) is 22.5 Å². The highest BCUT2D eigenvalue weighted by molar-refractivity contribution is 5.82. The number of amides is 2. The maximum atomic E-state index is 14.3. The van der Waals surface area contributed by atoms with Crippen LogP contribution in [0.15, 0.2) is 0 Å². The van der Waals surface area contributed by atoms with E-state index < -0.39 is 6.17 Å². The van der Waals surface area contributed by atoms with E-state index in [0.29, 0.717) is 32.0 Å². The second-order valence-corrected chi connectivity index (χ2v) is 9.39. The molecule has 3 saturated heterocycles. The third-order valence-electron chi connectivity index (χ3n) is 7.46. The minimum Gasteiger partial charge on any atom is -0.378 e. The average molecular weight is 411 g/mol. The van der Waals surface area contributed by atoms with Crippen LogP contribution in [0.5, 0.6) is 0 Å². The standard InChI is InChI=1S/C21H35FN4O3/c1-13-3-4-18(22)17-10-19(24-20(13)17)21(28)23-15-9-16(12-29-11-15)26-7-5-25(6-8-26)14(2)27/h13,15-20,24H,3-12H2,1-2H3,(H,23,28). The molecule has 29 heavy (non-hydrogen) atoms. The molecular formula is C21H35FN4O3.